The Balaban J connectivity index is 1.09. The molecular weight excluding hydrogens is 561 g/mol. The molecule has 2 unspecified atom stereocenters. The number of halogens is 2. The van der Waals surface area contributed by atoms with E-state index in [0.717, 1.165) is 60.8 Å². The highest BCUT2D eigenvalue weighted by molar-refractivity contribution is 6.31. The second-order valence-corrected chi connectivity index (χ2v) is 12.5. The molecule has 224 valence electrons. The van der Waals surface area contributed by atoms with Crippen LogP contribution < -0.4 is 5.32 Å². The number of carbonyl (C=O) groups excluding carboxylic acids is 2. The average molecular weight is 600 g/mol. The van der Waals surface area contributed by atoms with Crippen molar-refractivity contribution in [2.24, 2.45) is 5.92 Å². The molecule has 1 aromatic heterocycles. The Morgan fingerprint density at radius 3 is 2.47 bits per heavy atom. The van der Waals surface area contributed by atoms with Gasteiger partial charge < -0.3 is 9.88 Å². The van der Waals surface area contributed by atoms with Crippen LogP contribution in [0.4, 0.5) is 4.39 Å². The molecule has 0 saturated carbocycles. The van der Waals surface area contributed by atoms with E-state index < -0.39 is 5.82 Å². The molecule has 3 heterocycles. The summed E-state index contributed by atoms with van der Waals surface area (Å²) >= 11 is 5.92. The van der Waals surface area contributed by atoms with Gasteiger partial charge in [-0.05, 0) is 73.8 Å². The molecule has 0 radical (unpaired) electrons. The molecule has 1 amide bonds. The van der Waals surface area contributed by atoms with Crippen molar-refractivity contribution in [1.82, 2.24) is 14.8 Å². The molecule has 6 rings (SSSR count). The number of hydrogen-bond donors (Lipinski definition) is 1. The minimum absolute atomic E-state index is 0.00204. The predicted octanol–water partition coefficient (Wildman–Crippen LogP) is 7.83. The first kappa shape index (κ1) is 29.6. The minimum atomic E-state index is -0.494. The number of fused-ring (bicyclic) bond motifs is 3. The molecule has 4 aromatic rings. The van der Waals surface area contributed by atoms with Crippen molar-refractivity contribution in [3.63, 3.8) is 0 Å². The molecule has 2 atom stereocenters. The van der Waals surface area contributed by atoms with Gasteiger partial charge in [0, 0.05) is 55.3 Å². The number of hydrogen-bond acceptors (Lipinski definition) is 3. The van der Waals surface area contributed by atoms with Crippen LogP contribution >= 0.6 is 11.6 Å². The van der Waals surface area contributed by atoms with Crippen molar-refractivity contribution in [3.8, 4) is 0 Å². The largest absolute Gasteiger partial charge is 0.348 e. The summed E-state index contributed by atoms with van der Waals surface area (Å²) in [5.41, 5.74) is 4.73. The van der Waals surface area contributed by atoms with Gasteiger partial charge in [0.25, 0.3) is 5.91 Å². The zero-order chi connectivity index (χ0) is 29.9. The van der Waals surface area contributed by atoms with E-state index in [9.17, 15) is 14.0 Å². The molecule has 3 aromatic carbocycles. The van der Waals surface area contributed by atoms with Gasteiger partial charge in [-0.2, -0.15) is 0 Å². The third-order valence-electron chi connectivity index (χ3n) is 9.42. The van der Waals surface area contributed by atoms with E-state index in [1.54, 1.807) is 6.07 Å². The molecule has 7 heteroatoms. The summed E-state index contributed by atoms with van der Waals surface area (Å²) in [6.07, 6.45) is 8.84. The van der Waals surface area contributed by atoms with E-state index in [2.05, 4.69) is 39.9 Å². The van der Waals surface area contributed by atoms with Crippen LogP contribution in [-0.2, 0) is 19.5 Å². The molecule has 2 saturated heterocycles. The van der Waals surface area contributed by atoms with Crippen LogP contribution in [0.15, 0.2) is 72.9 Å². The number of Topliss-reactive ketones (excluding diaryl/α,β-unsaturated/α-hetero) is 1. The lowest BCUT2D eigenvalue weighted by Gasteiger charge is -2.39. The Kier molecular flexibility index (Phi) is 8.96. The molecule has 2 fully saturated rings. The van der Waals surface area contributed by atoms with Gasteiger partial charge in [0.2, 0.25) is 0 Å². The van der Waals surface area contributed by atoms with Gasteiger partial charge in [0.05, 0.1) is 16.1 Å². The smallest absolute Gasteiger partial charge is 0.253 e. The predicted molar refractivity (Wildman–Crippen MR) is 170 cm³/mol. The summed E-state index contributed by atoms with van der Waals surface area (Å²) in [6.45, 7) is 4.52. The van der Waals surface area contributed by atoms with Crippen molar-refractivity contribution < 1.29 is 14.0 Å². The number of aromatic nitrogens is 1. The summed E-state index contributed by atoms with van der Waals surface area (Å²) in [4.78, 5) is 28.9. The number of carbonyl (C=O) groups is 2. The van der Waals surface area contributed by atoms with E-state index >= 15 is 0 Å². The second-order valence-electron chi connectivity index (χ2n) is 12.1. The third-order valence-corrected chi connectivity index (χ3v) is 9.71. The first-order chi connectivity index (χ1) is 20.9. The van der Waals surface area contributed by atoms with E-state index in [1.807, 2.05) is 36.5 Å². The summed E-state index contributed by atoms with van der Waals surface area (Å²) in [6, 6.07) is 21.5. The molecular formula is C36H39ClFN3O2. The van der Waals surface area contributed by atoms with Gasteiger partial charge in [0.15, 0.2) is 5.78 Å². The number of amides is 1. The van der Waals surface area contributed by atoms with Crippen LogP contribution in [0.3, 0.4) is 0 Å². The lowest BCUT2D eigenvalue weighted by Crippen LogP contribution is -2.43. The zero-order valence-electron chi connectivity index (χ0n) is 24.7. The van der Waals surface area contributed by atoms with E-state index in [4.69, 9.17) is 11.6 Å². The van der Waals surface area contributed by atoms with Crippen LogP contribution in [0.1, 0.15) is 77.3 Å². The van der Waals surface area contributed by atoms with Crippen molar-refractivity contribution >= 4 is 34.2 Å². The van der Waals surface area contributed by atoms with Gasteiger partial charge in [-0.3, -0.25) is 14.5 Å². The van der Waals surface area contributed by atoms with Crippen LogP contribution in [0, 0.1) is 11.7 Å². The Morgan fingerprint density at radius 2 is 1.74 bits per heavy atom. The summed E-state index contributed by atoms with van der Waals surface area (Å²) in [7, 11) is 0. The summed E-state index contributed by atoms with van der Waals surface area (Å²) < 4.78 is 15.8. The average Bonchev–Trinajstić information content (AvgIpc) is 3.51. The topological polar surface area (TPSA) is 54.3 Å². The Morgan fingerprint density at radius 1 is 0.977 bits per heavy atom. The van der Waals surface area contributed by atoms with Gasteiger partial charge in [-0.25, -0.2) is 4.39 Å². The van der Waals surface area contributed by atoms with Crippen LogP contribution in [-0.4, -0.2) is 39.8 Å². The van der Waals surface area contributed by atoms with Crippen molar-refractivity contribution in [2.75, 3.05) is 6.54 Å². The van der Waals surface area contributed by atoms with Crippen molar-refractivity contribution in [3.05, 3.63) is 106 Å². The first-order valence-corrected chi connectivity index (χ1v) is 16.0. The monoisotopic (exact) mass is 599 g/mol. The molecule has 2 aliphatic heterocycles. The maximum absolute atomic E-state index is 13.6. The first-order valence-electron chi connectivity index (χ1n) is 15.6. The number of aryl methyl sites for hydroxylation is 2. The van der Waals surface area contributed by atoms with Crippen LogP contribution in [0.5, 0.6) is 0 Å². The van der Waals surface area contributed by atoms with Gasteiger partial charge in [0.1, 0.15) is 5.82 Å². The molecule has 5 nitrogen and oxygen atoms in total. The van der Waals surface area contributed by atoms with Gasteiger partial charge in [-0.1, -0.05) is 67.1 Å². The number of nitrogens with zero attached hydrogens (tertiary/aromatic N) is 2. The van der Waals surface area contributed by atoms with Gasteiger partial charge in [-0.15, -0.1) is 0 Å². The highest BCUT2D eigenvalue weighted by Gasteiger charge is 2.40. The summed E-state index contributed by atoms with van der Waals surface area (Å²) in [5, 5.41) is 4.13. The molecule has 0 spiro atoms. The standard InChI is InChI=1S/C36H39ClFN3O2/c1-2-26-10-6-11-30-31(36(43)39-22-24-8-4-3-5-9-24)23-40(35(26)30)16-7-17-41-28-13-14-29(41)19-25(18-28)20-34(42)27-12-15-33(38)32(37)21-27/h3-6,8-12,15,21,23,25,28-29H,2,7,13-14,16-20,22H2,1H3,(H,39,43). The normalized spacial score (nSPS) is 20.0. The Hall–Kier alpha value is -3.48. The maximum Gasteiger partial charge on any atom is 0.253 e. The highest BCUT2D eigenvalue weighted by atomic mass is 35.5. The Labute approximate surface area is 258 Å². The fourth-order valence-corrected chi connectivity index (χ4v) is 7.53. The maximum atomic E-state index is 13.6. The quantitative estimate of drug-likeness (QED) is 0.179. The van der Waals surface area contributed by atoms with Crippen molar-refractivity contribution in [2.45, 2.75) is 77.0 Å². The third kappa shape index (κ3) is 6.41. The zero-order valence-corrected chi connectivity index (χ0v) is 25.5. The molecule has 43 heavy (non-hydrogen) atoms. The SMILES string of the molecule is CCc1cccc2c(C(=O)NCc3ccccc3)cn(CCCN3C4CCC3CC(CC(=O)c3ccc(F)c(Cl)c3)C4)c12. The van der Waals surface area contributed by atoms with Gasteiger partial charge >= 0.3 is 0 Å². The molecule has 2 aliphatic rings. The van der Waals surface area contributed by atoms with E-state index in [-0.39, 0.29) is 16.7 Å². The Bertz CT molecular complexity index is 1600. The number of para-hydroxylation sites is 1. The molecule has 1 N–H and O–H groups in total. The second kappa shape index (κ2) is 13.0. The van der Waals surface area contributed by atoms with Crippen molar-refractivity contribution in [1.29, 1.82) is 0 Å². The number of rotatable bonds is 11. The molecule has 0 aliphatic carbocycles. The fourth-order valence-electron chi connectivity index (χ4n) is 7.35. The molecule has 2 bridgehead atoms. The van der Waals surface area contributed by atoms with E-state index in [1.165, 1.54) is 30.5 Å². The summed E-state index contributed by atoms with van der Waals surface area (Å²) in [5.74, 6) is -0.138. The lowest BCUT2D eigenvalue weighted by molar-refractivity contribution is 0.0807. The number of ketones is 1. The van der Waals surface area contributed by atoms with E-state index in [0.29, 0.717) is 36.5 Å². The highest BCUT2D eigenvalue weighted by Crippen LogP contribution is 2.40. The van der Waals surface area contributed by atoms with Crippen LogP contribution in [0.25, 0.3) is 10.9 Å². The minimum Gasteiger partial charge on any atom is -0.348 e. The number of piperidine rings is 1. The van der Waals surface area contributed by atoms with Crippen LogP contribution in [0.2, 0.25) is 5.02 Å². The fraction of sp³-hybridized carbons (Fsp3) is 0.389. The lowest BCUT2D eigenvalue weighted by atomic mass is 9.85. The number of benzene rings is 3. The number of nitrogens with one attached hydrogen (secondary N) is 1.